The first-order valence-electron chi connectivity index (χ1n) is 18.5. The number of pyridine rings is 2. The quantitative estimate of drug-likeness (QED) is 0.226. The van der Waals surface area contributed by atoms with Gasteiger partial charge in [0.1, 0.15) is 18.2 Å². The van der Waals surface area contributed by atoms with Crippen LogP contribution in [0.25, 0.3) is 11.5 Å². The molecule has 0 radical (unpaired) electrons. The van der Waals surface area contributed by atoms with Crippen LogP contribution in [0.3, 0.4) is 0 Å². The van der Waals surface area contributed by atoms with Crippen molar-refractivity contribution in [2.45, 2.75) is 38.5 Å². The first kappa shape index (κ1) is 38.9. The molecule has 12 nitrogen and oxygen atoms in total. The minimum absolute atomic E-state index is 0.0537. The summed E-state index contributed by atoms with van der Waals surface area (Å²) >= 11 is 0. The van der Waals surface area contributed by atoms with Gasteiger partial charge in [0.25, 0.3) is 5.89 Å². The maximum absolute atomic E-state index is 13.3. The van der Waals surface area contributed by atoms with Gasteiger partial charge in [0.15, 0.2) is 0 Å². The summed E-state index contributed by atoms with van der Waals surface area (Å²) in [5, 5.41) is 11.6. The van der Waals surface area contributed by atoms with Crippen LogP contribution >= 0.6 is 0 Å². The summed E-state index contributed by atoms with van der Waals surface area (Å²) in [6.45, 7) is 3.93. The highest BCUT2D eigenvalue weighted by Crippen LogP contribution is 2.27. The first-order chi connectivity index (χ1) is 26.6. The molecule has 2 fully saturated rings. The SMILES string of the molecule is Cn1cc(-c2nnc(N3CCC(Cc4cccc(F)c4)CC3)o2)ccc1=O.Cn1cc(C2=NCC(=O)O2)ccc1=O.Fc1cccc(CC2CCNCC2)c1. The van der Waals surface area contributed by atoms with Gasteiger partial charge in [-0.3, -0.25) is 9.59 Å². The minimum Gasteiger partial charge on any atom is -0.406 e. The van der Waals surface area contributed by atoms with E-state index < -0.39 is 0 Å². The van der Waals surface area contributed by atoms with Crippen molar-refractivity contribution < 1.29 is 22.7 Å². The number of carbonyl (C=O) groups excluding carboxylic acids is 1. The third-order valence-electron chi connectivity index (χ3n) is 9.81. The van der Waals surface area contributed by atoms with Gasteiger partial charge >= 0.3 is 12.0 Å². The fraction of sp³-hybridized carbons (Fsp3) is 0.366. The molecule has 3 aromatic heterocycles. The van der Waals surface area contributed by atoms with Crippen molar-refractivity contribution in [3.05, 3.63) is 134 Å². The van der Waals surface area contributed by atoms with Crippen molar-refractivity contribution in [1.29, 1.82) is 0 Å². The number of aliphatic imine (C=N–C) groups is 1. The average Bonchev–Trinajstić information content (AvgIpc) is 3.85. The Balaban J connectivity index is 0.000000155. The normalized spacial score (nSPS) is 16.0. The van der Waals surface area contributed by atoms with E-state index in [2.05, 4.69) is 25.4 Å². The molecule has 3 aliphatic rings. The number of hydrogen-bond donors (Lipinski definition) is 1. The monoisotopic (exact) mass is 753 g/mol. The molecule has 2 saturated heterocycles. The molecule has 0 aliphatic carbocycles. The number of hydrogen-bond acceptors (Lipinski definition) is 10. The highest BCUT2D eigenvalue weighted by Gasteiger charge is 2.24. The zero-order valence-electron chi connectivity index (χ0n) is 31.0. The molecule has 14 heteroatoms. The van der Waals surface area contributed by atoms with Crippen molar-refractivity contribution in [2.75, 3.05) is 37.6 Å². The van der Waals surface area contributed by atoms with E-state index in [1.807, 2.05) is 12.1 Å². The Bertz CT molecular complexity index is 2220. The average molecular weight is 754 g/mol. The number of cyclic esters (lactones) is 1. The van der Waals surface area contributed by atoms with Gasteiger partial charge in [-0.15, -0.1) is 5.10 Å². The second-order valence-electron chi connectivity index (χ2n) is 14.0. The summed E-state index contributed by atoms with van der Waals surface area (Å²) in [4.78, 5) is 39.3. The Morgan fingerprint density at radius 1 is 0.727 bits per heavy atom. The number of carbonyl (C=O) groups is 1. The van der Waals surface area contributed by atoms with E-state index in [4.69, 9.17) is 9.15 Å². The highest BCUT2D eigenvalue weighted by atomic mass is 19.1. The lowest BCUT2D eigenvalue weighted by Crippen LogP contribution is -2.34. The van der Waals surface area contributed by atoms with Gasteiger partial charge in [0.05, 0.1) is 11.1 Å². The molecule has 6 heterocycles. The molecule has 2 aromatic carbocycles. The van der Waals surface area contributed by atoms with Crippen molar-refractivity contribution in [1.82, 2.24) is 24.6 Å². The lowest BCUT2D eigenvalue weighted by Gasteiger charge is -2.30. The van der Waals surface area contributed by atoms with Crippen LogP contribution in [0.1, 0.15) is 42.4 Å². The summed E-state index contributed by atoms with van der Waals surface area (Å²) in [5.41, 5.74) is 3.34. The number of rotatable bonds is 7. The van der Waals surface area contributed by atoms with Gasteiger partial charge in [0, 0.05) is 51.7 Å². The number of piperidine rings is 2. The minimum atomic E-state index is -0.367. The summed E-state index contributed by atoms with van der Waals surface area (Å²) in [6.07, 6.45) is 9.61. The fourth-order valence-corrected chi connectivity index (χ4v) is 6.77. The van der Waals surface area contributed by atoms with E-state index in [0.29, 0.717) is 23.4 Å². The van der Waals surface area contributed by atoms with Crippen molar-refractivity contribution in [3.63, 3.8) is 0 Å². The van der Waals surface area contributed by atoms with Gasteiger partial charge in [-0.1, -0.05) is 29.4 Å². The van der Waals surface area contributed by atoms with Gasteiger partial charge in [-0.2, -0.15) is 0 Å². The number of nitrogens with one attached hydrogen (secondary N) is 1. The molecular weight excluding hydrogens is 708 g/mol. The summed E-state index contributed by atoms with van der Waals surface area (Å²) in [7, 11) is 3.32. The maximum atomic E-state index is 13.3. The second kappa shape index (κ2) is 18.5. The Morgan fingerprint density at radius 2 is 1.29 bits per heavy atom. The Hall–Kier alpha value is -5.76. The summed E-state index contributed by atoms with van der Waals surface area (Å²) in [5.74, 6) is 1.28. The van der Waals surface area contributed by atoms with E-state index in [1.54, 1.807) is 62.9 Å². The number of anilines is 1. The van der Waals surface area contributed by atoms with Gasteiger partial charge in [-0.05, 0) is 111 Å². The molecule has 0 saturated carbocycles. The molecule has 5 aromatic rings. The summed E-state index contributed by atoms with van der Waals surface area (Å²) in [6, 6.07) is 20.5. The Labute approximate surface area is 317 Å². The zero-order valence-corrected chi connectivity index (χ0v) is 31.0. The maximum Gasteiger partial charge on any atom is 0.334 e. The molecule has 8 rings (SSSR count). The number of esters is 1. The van der Waals surface area contributed by atoms with Crippen LogP contribution in [0.5, 0.6) is 0 Å². The molecule has 0 bridgehead atoms. The topological polar surface area (TPSA) is 137 Å². The van der Waals surface area contributed by atoms with Crippen molar-refractivity contribution in [2.24, 2.45) is 30.9 Å². The van der Waals surface area contributed by atoms with E-state index in [0.717, 1.165) is 74.5 Å². The van der Waals surface area contributed by atoms with Gasteiger partial charge in [0.2, 0.25) is 17.0 Å². The summed E-state index contributed by atoms with van der Waals surface area (Å²) < 4.78 is 39.8. The molecule has 0 atom stereocenters. The molecule has 288 valence electrons. The number of halogens is 2. The van der Waals surface area contributed by atoms with Crippen LogP contribution in [0.4, 0.5) is 14.8 Å². The zero-order chi connectivity index (χ0) is 38.7. The van der Waals surface area contributed by atoms with E-state index in [1.165, 1.54) is 46.2 Å². The van der Waals surface area contributed by atoms with E-state index in [-0.39, 0.29) is 41.2 Å². The third-order valence-corrected chi connectivity index (χ3v) is 9.81. The van der Waals surface area contributed by atoms with Crippen LogP contribution in [-0.4, -0.2) is 63.9 Å². The van der Waals surface area contributed by atoms with E-state index in [9.17, 15) is 23.2 Å². The molecular formula is C41H45F2N7O5. The largest absolute Gasteiger partial charge is 0.406 e. The highest BCUT2D eigenvalue weighted by molar-refractivity contribution is 6.04. The van der Waals surface area contributed by atoms with Crippen LogP contribution in [0, 0.1) is 23.5 Å². The number of benzene rings is 2. The van der Waals surface area contributed by atoms with Gasteiger partial charge < -0.3 is 28.5 Å². The number of nitrogens with zero attached hydrogens (tertiary/aromatic N) is 6. The standard InChI is InChI=1S/C20H21FN4O2.C12H16FN.C9H8N2O3/c1-24-13-16(5-6-18(24)26)19-22-23-20(27-19)25-9-7-14(8-10-25)11-15-3-2-4-17(21)12-15;13-12-3-1-2-11(9-12)8-10-4-6-14-7-5-10;1-11-5-6(2-3-7(11)12)9-10-4-8(13)14-9/h2-6,12-14H,7-11H2,1H3;1-3,9-10,14H,4-8H2;2-3,5H,4H2,1H3. The second-order valence-corrected chi connectivity index (χ2v) is 14.0. The predicted octanol–water partition coefficient (Wildman–Crippen LogP) is 5.09. The molecule has 55 heavy (non-hydrogen) atoms. The third kappa shape index (κ3) is 11.1. The van der Waals surface area contributed by atoms with Crippen LogP contribution < -0.4 is 21.3 Å². The fourth-order valence-electron chi connectivity index (χ4n) is 6.77. The lowest BCUT2D eigenvalue weighted by atomic mass is 9.90. The molecule has 0 unspecified atom stereocenters. The van der Waals surface area contributed by atoms with Crippen molar-refractivity contribution >= 4 is 17.9 Å². The van der Waals surface area contributed by atoms with E-state index >= 15 is 0 Å². The smallest absolute Gasteiger partial charge is 0.334 e. The predicted molar refractivity (Wildman–Crippen MR) is 205 cm³/mol. The van der Waals surface area contributed by atoms with Gasteiger partial charge in [-0.25, -0.2) is 18.6 Å². The molecule has 3 aliphatic heterocycles. The number of aromatic nitrogens is 4. The van der Waals surface area contributed by atoms with Crippen LogP contribution in [-0.2, 0) is 36.5 Å². The van der Waals surface area contributed by atoms with Crippen molar-refractivity contribution in [3.8, 4) is 11.5 Å². The molecule has 0 amide bonds. The Kier molecular flexibility index (Phi) is 13.1. The molecule has 0 spiro atoms. The lowest BCUT2D eigenvalue weighted by molar-refractivity contribution is -0.132. The van der Waals surface area contributed by atoms with Crippen LogP contribution in [0.2, 0.25) is 0 Å². The number of aryl methyl sites for hydroxylation is 2. The van der Waals surface area contributed by atoms with Crippen LogP contribution in [0.15, 0.2) is 104 Å². The molecule has 1 N–H and O–H groups in total. The Morgan fingerprint density at radius 3 is 1.84 bits per heavy atom. The number of ether oxygens (including phenoxy) is 1. The first-order valence-corrected chi connectivity index (χ1v) is 18.5.